The Morgan fingerprint density at radius 1 is 1.35 bits per heavy atom. The minimum Gasteiger partial charge on any atom is -0.383 e. The van der Waals surface area contributed by atoms with Crippen molar-refractivity contribution >= 4 is 11.6 Å². The van der Waals surface area contributed by atoms with Gasteiger partial charge in [0, 0.05) is 13.1 Å². The van der Waals surface area contributed by atoms with Crippen LogP contribution < -0.4 is 10.6 Å². The maximum Gasteiger partial charge on any atom is 0.170 e. The van der Waals surface area contributed by atoms with Crippen molar-refractivity contribution in [2.45, 2.75) is 52.5 Å². The SMILES string of the molecule is CCC(CC)n1nc(N2CCC(C)CC2)c(C#N)c1N. The van der Waals surface area contributed by atoms with Gasteiger partial charge in [0.15, 0.2) is 5.82 Å². The molecule has 5 nitrogen and oxygen atoms in total. The summed E-state index contributed by atoms with van der Waals surface area (Å²) in [6.45, 7) is 8.47. The summed E-state index contributed by atoms with van der Waals surface area (Å²) >= 11 is 0. The van der Waals surface area contributed by atoms with Crippen molar-refractivity contribution in [2.24, 2.45) is 5.92 Å². The molecule has 1 saturated heterocycles. The Morgan fingerprint density at radius 2 is 1.95 bits per heavy atom. The van der Waals surface area contributed by atoms with Gasteiger partial charge in [0.25, 0.3) is 0 Å². The molecule has 1 fully saturated rings. The van der Waals surface area contributed by atoms with Crippen molar-refractivity contribution in [1.82, 2.24) is 9.78 Å². The molecule has 1 aromatic heterocycles. The maximum atomic E-state index is 9.41. The van der Waals surface area contributed by atoms with E-state index in [4.69, 9.17) is 5.73 Å². The second-order valence-corrected chi connectivity index (χ2v) is 5.78. The number of hydrogen-bond donors (Lipinski definition) is 1. The Morgan fingerprint density at radius 3 is 2.45 bits per heavy atom. The predicted molar refractivity (Wildman–Crippen MR) is 81.6 cm³/mol. The summed E-state index contributed by atoms with van der Waals surface area (Å²) in [6, 6.07) is 2.52. The Kier molecular flexibility index (Phi) is 4.53. The molecule has 0 atom stereocenters. The molecule has 2 N–H and O–H groups in total. The standard InChI is InChI=1S/C15H25N5/c1-4-12(5-2)20-14(17)13(10-16)15(18-20)19-8-6-11(3)7-9-19/h11-12H,4-9,17H2,1-3H3. The molecule has 0 aromatic carbocycles. The molecule has 0 bridgehead atoms. The first-order valence-electron chi connectivity index (χ1n) is 7.65. The van der Waals surface area contributed by atoms with E-state index in [1.807, 2.05) is 4.68 Å². The van der Waals surface area contributed by atoms with Crippen LogP contribution in [-0.2, 0) is 0 Å². The van der Waals surface area contributed by atoms with Crippen molar-refractivity contribution in [2.75, 3.05) is 23.7 Å². The fourth-order valence-electron chi connectivity index (χ4n) is 2.90. The van der Waals surface area contributed by atoms with E-state index >= 15 is 0 Å². The Bertz CT molecular complexity index is 487. The molecule has 5 heteroatoms. The van der Waals surface area contributed by atoms with Crippen LogP contribution in [0.1, 0.15) is 58.1 Å². The molecule has 1 aliphatic rings. The Hall–Kier alpha value is -1.70. The number of nitrogens with two attached hydrogens (primary N) is 1. The molecule has 0 spiro atoms. The lowest BCUT2D eigenvalue weighted by atomic mass is 9.99. The summed E-state index contributed by atoms with van der Waals surface area (Å²) in [7, 11) is 0. The first kappa shape index (κ1) is 14.7. The number of nitrogen functional groups attached to an aromatic ring is 1. The lowest BCUT2D eigenvalue weighted by Gasteiger charge is -2.30. The molecule has 110 valence electrons. The summed E-state index contributed by atoms with van der Waals surface area (Å²) in [5.41, 5.74) is 6.70. The van der Waals surface area contributed by atoms with Crippen LogP contribution in [0, 0.1) is 17.2 Å². The molecule has 0 amide bonds. The summed E-state index contributed by atoms with van der Waals surface area (Å²) in [5, 5.41) is 14.1. The van der Waals surface area contributed by atoms with Gasteiger partial charge in [-0.15, -0.1) is 0 Å². The normalized spacial score (nSPS) is 16.6. The first-order chi connectivity index (χ1) is 9.62. The number of aromatic nitrogens is 2. The van der Waals surface area contributed by atoms with Crippen LogP contribution >= 0.6 is 0 Å². The van der Waals surface area contributed by atoms with Crippen molar-refractivity contribution < 1.29 is 0 Å². The lowest BCUT2D eigenvalue weighted by Crippen LogP contribution is -2.33. The third-order valence-corrected chi connectivity index (χ3v) is 4.41. The van der Waals surface area contributed by atoms with Gasteiger partial charge < -0.3 is 10.6 Å². The molecular formula is C15H25N5. The number of hydrogen-bond acceptors (Lipinski definition) is 4. The zero-order valence-electron chi connectivity index (χ0n) is 12.8. The van der Waals surface area contributed by atoms with Crippen molar-refractivity contribution in [3.05, 3.63) is 5.56 Å². The van der Waals surface area contributed by atoms with Gasteiger partial charge in [-0.3, -0.25) is 0 Å². The highest BCUT2D eigenvalue weighted by Crippen LogP contribution is 2.31. The number of piperidine rings is 1. The van der Waals surface area contributed by atoms with Crippen LogP contribution in [0.3, 0.4) is 0 Å². The van der Waals surface area contributed by atoms with Gasteiger partial charge in [0.1, 0.15) is 17.5 Å². The molecular weight excluding hydrogens is 250 g/mol. The summed E-state index contributed by atoms with van der Waals surface area (Å²) < 4.78 is 1.85. The van der Waals surface area contributed by atoms with Gasteiger partial charge in [-0.25, -0.2) is 4.68 Å². The summed E-state index contributed by atoms with van der Waals surface area (Å²) in [4.78, 5) is 2.22. The number of rotatable bonds is 4. The van der Waals surface area contributed by atoms with E-state index in [1.54, 1.807) is 0 Å². The van der Waals surface area contributed by atoms with Crippen LogP contribution in [0.15, 0.2) is 0 Å². The minimum atomic E-state index is 0.277. The van der Waals surface area contributed by atoms with E-state index in [-0.39, 0.29) is 6.04 Å². The molecule has 0 aliphatic carbocycles. The van der Waals surface area contributed by atoms with E-state index in [9.17, 15) is 5.26 Å². The molecule has 0 unspecified atom stereocenters. The number of nitrogens with zero attached hydrogens (tertiary/aromatic N) is 4. The van der Waals surface area contributed by atoms with Crippen LogP contribution in [0.25, 0.3) is 0 Å². The van der Waals surface area contributed by atoms with Gasteiger partial charge in [0.2, 0.25) is 0 Å². The number of anilines is 2. The highest BCUT2D eigenvalue weighted by atomic mass is 15.4. The molecule has 0 saturated carbocycles. The topological polar surface area (TPSA) is 70.9 Å². The van der Waals surface area contributed by atoms with E-state index in [1.165, 1.54) is 0 Å². The first-order valence-corrected chi connectivity index (χ1v) is 7.65. The highest BCUT2D eigenvalue weighted by Gasteiger charge is 2.25. The van der Waals surface area contributed by atoms with Gasteiger partial charge in [-0.05, 0) is 31.6 Å². The van der Waals surface area contributed by atoms with Crippen molar-refractivity contribution in [3.63, 3.8) is 0 Å². The third-order valence-electron chi connectivity index (χ3n) is 4.41. The summed E-state index contributed by atoms with van der Waals surface area (Å²) in [5.74, 6) is 2.06. The molecule has 20 heavy (non-hydrogen) atoms. The Balaban J connectivity index is 2.34. The van der Waals surface area contributed by atoms with Crippen LogP contribution in [0.5, 0.6) is 0 Å². The maximum absolute atomic E-state index is 9.41. The highest BCUT2D eigenvalue weighted by molar-refractivity contribution is 5.65. The Labute approximate surface area is 121 Å². The monoisotopic (exact) mass is 275 g/mol. The average Bonchev–Trinajstić information content (AvgIpc) is 2.78. The van der Waals surface area contributed by atoms with E-state index < -0.39 is 0 Å². The van der Waals surface area contributed by atoms with Crippen LogP contribution in [-0.4, -0.2) is 22.9 Å². The van der Waals surface area contributed by atoms with E-state index in [2.05, 4.69) is 36.8 Å². The van der Waals surface area contributed by atoms with Gasteiger partial charge in [-0.2, -0.15) is 10.4 Å². The zero-order valence-corrected chi connectivity index (χ0v) is 12.8. The molecule has 1 aliphatic heterocycles. The fourth-order valence-corrected chi connectivity index (χ4v) is 2.90. The van der Waals surface area contributed by atoms with Crippen LogP contribution in [0.2, 0.25) is 0 Å². The second-order valence-electron chi connectivity index (χ2n) is 5.78. The van der Waals surface area contributed by atoms with E-state index in [0.29, 0.717) is 11.4 Å². The average molecular weight is 275 g/mol. The van der Waals surface area contributed by atoms with Gasteiger partial charge in [-0.1, -0.05) is 20.8 Å². The molecule has 2 rings (SSSR count). The van der Waals surface area contributed by atoms with Crippen molar-refractivity contribution in [3.8, 4) is 6.07 Å². The zero-order chi connectivity index (χ0) is 14.7. The van der Waals surface area contributed by atoms with Gasteiger partial charge >= 0.3 is 0 Å². The minimum absolute atomic E-state index is 0.277. The quantitative estimate of drug-likeness (QED) is 0.917. The third kappa shape index (κ3) is 2.60. The van der Waals surface area contributed by atoms with Gasteiger partial charge in [0.05, 0.1) is 6.04 Å². The molecule has 1 aromatic rings. The van der Waals surface area contributed by atoms with E-state index in [0.717, 1.165) is 50.5 Å². The molecule has 0 radical (unpaired) electrons. The van der Waals surface area contributed by atoms with Crippen LogP contribution in [0.4, 0.5) is 11.6 Å². The smallest absolute Gasteiger partial charge is 0.170 e. The summed E-state index contributed by atoms with van der Waals surface area (Å²) in [6.07, 6.45) is 4.26. The fraction of sp³-hybridized carbons (Fsp3) is 0.733. The molecule has 2 heterocycles. The lowest BCUT2D eigenvalue weighted by molar-refractivity contribution is 0.420. The predicted octanol–water partition coefficient (Wildman–Crippen LogP) is 2.93. The second kappa shape index (κ2) is 6.17. The van der Waals surface area contributed by atoms with Crippen molar-refractivity contribution in [1.29, 1.82) is 5.26 Å². The number of nitriles is 1. The largest absolute Gasteiger partial charge is 0.383 e.